The predicted octanol–water partition coefficient (Wildman–Crippen LogP) is 4.14. The van der Waals surface area contributed by atoms with Crippen molar-refractivity contribution in [1.29, 1.82) is 0 Å². The Morgan fingerprint density at radius 1 is 1.14 bits per heavy atom. The smallest absolute Gasteiger partial charge is 0.138 e. The predicted molar refractivity (Wildman–Crippen MR) is 92.4 cm³/mol. The van der Waals surface area contributed by atoms with Gasteiger partial charge in [-0.15, -0.1) is 0 Å². The standard InChI is InChI=1S/C17H32N4/c1-9-12(4)21(11-3)15-13(5)14(18-10-2)19-16(20-15)17(6,7)8/h12H,9-11H2,1-8H3,(H,18,19,20). The Balaban J connectivity index is 3.44. The second-order valence-electron chi connectivity index (χ2n) is 6.67. The number of rotatable bonds is 6. The molecule has 1 rings (SSSR count). The van der Waals surface area contributed by atoms with E-state index < -0.39 is 0 Å². The third kappa shape index (κ3) is 4.08. The summed E-state index contributed by atoms with van der Waals surface area (Å²) < 4.78 is 0. The van der Waals surface area contributed by atoms with Crippen molar-refractivity contribution in [3.63, 3.8) is 0 Å². The third-order valence-electron chi connectivity index (χ3n) is 3.87. The largest absolute Gasteiger partial charge is 0.370 e. The normalized spacial score (nSPS) is 13.1. The first-order chi connectivity index (χ1) is 9.76. The van der Waals surface area contributed by atoms with Crippen LogP contribution in [0, 0.1) is 6.92 Å². The monoisotopic (exact) mass is 292 g/mol. The van der Waals surface area contributed by atoms with E-state index in [0.717, 1.165) is 42.5 Å². The maximum Gasteiger partial charge on any atom is 0.138 e. The summed E-state index contributed by atoms with van der Waals surface area (Å²) in [5, 5.41) is 3.39. The van der Waals surface area contributed by atoms with Crippen molar-refractivity contribution in [2.24, 2.45) is 0 Å². The maximum absolute atomic E-state index is 4.90. The molecule has 21 heavy (non-hydrogen) atoms. The van der Waals surface area contributed by atoms with Crippen LogP contribution in [0.1, 0.15) is 66.3 Å². The van der Waals surface area contributed by atoms with E-state index in [1.165, 1.54) is 0 Å². The molecule has 1 aromatic heterocycles. The van der Waals surface area contributed by atoms with Crippen LogP contribution in [-0.2, 0) is 5.41 Å². The van der Waals surface area contributed by atoms with Crippen LogP contribution in [0.3, 0.4) is 0 Å². The van der Waals surface area contributed by atoms with Crippen molar-refractivity contribution in [2.45, 2.75) is 73.3 Å². The van der Waals surface area contributed by atoms with Gasteiger partial charge in [0, 0.05) is 30.1 Å². The summed E-state index contributed by atoms with van der Waals surface area (Å²) in [6.45, 7) is 19.2. The number of aromatic nitrogens is 2. The lowest BCUT2D eigenvalue weighted by Gasteiger charge is -2.31. The van der Waals surface area contributed by atoms with E-state index in [9.17, 15) is 0 Å². The Labute approximate surface area is 130 Å². The Morgan fingerprint density at radius 3 is 2.19 bits per heavy atom. The van der Waals surface area contributed by atoms with E-state index in [4.69, 9.17) is 9.97 Å². The number of hydrogen-bond donors (Lipinski definition) is 1. The van der Waals surface area contributed by atoms with Crippen LogP contribution in [0.5, 0.6) is 0 Å². The molecule has 0 fully saturated rings. The topological polar surface area (TPSA) is 41.1 Å². The highest BCUT2D eigenvalue weighted by Crippen LogP contribution is 2.29. The molecule has 0 amide bonds. The van der Waals surface area contributed by atoms with Gasteiger partial charge in [-0.3, -0.25) is 0 Å². The van der Waals surface area contributed by atoms with E-state index in [2.05, 4.69) is 65.6 Å². The third-order valence-corrected chi connectivity index (χ3v) is 3.87. The molecular formula is C17H32N4. The first-order valence-corrected chi connectivity index (χ1v) is 8.15. The summed E-state index contributed by atoms with van der Waals surface area (Å²) in [4.78, 5) is 12.0. The number of nitrogens with one attached hydrogen (secondary N) is 1. The average molecular weight is 292 g/mol. The van der Waals surface area contributed by atoms with Crippen LogP contribution in [-0.4, -0.2) is 29.1 Å². The lowest BCUT2D eigenvalue weighted by atomic mass is 9.95. The Kier molecular flexibility index (Phi) is 5.99. The van der Waals surface area contributed by atoms with Crippen molar-refractivity contribution in [3.8, 4) is 0 Å². The zero-order valence-corrected chi connectivity index (χ0v) is 15.0. The van der Waals surface area contributed by atoms with Gasteiger partial charge in [0.2, 0.25) is 0 Å². The van der Waals surface area contributed by atoms with Crippen LogP contribution < -0.4 is 10.2 Å². The summed E-state index contributed by atoms with van der Waals surface area (Å²) in [5.41, 5.74) is 1.09. The van der Waals surface area contributed by atoms with Crippen molar-refractivity contribution < 1.29 is 0 Å². The Morgan fingerprint density at radius 2 is 1.76 bits per heavy atom. The molecule has 0 aliphatic rings. The zero-order chi connectivity index (χ0) is 16.2. The van der Waals surface area contributed by atoms with Crippen LogP contribution in [0.2, 0.25) is 0 Å². The molecule has 0 saturated carbocycles. The second kappa shape index (κ2) is 7.10. The van der Waals surface area contributed by atoms with Crippen LogP contribution in [0.4, 0.5) is 11.6 Å². The lowest BCUT2D eigenvalue weighted by molar-refractivity contribution is 0.539. The van der Waals surface area contributed by atoms with Crippen molar-refractivity contribution in [3.05, 3.63) is 11.4 Å². The zero-order valence-electron chi connectivity index (χ0n) is 15.0. The SMILES string of the molecule is CCNc1nc(C(C)(C)C)nc(N(CC)C(C)CC)c1C. The highest BCUT2D eigenvalue weighted by atomic mass is 15.2. The van der Waals surface area contributed by atoms with Gasteiger partial charge in [0.1, 0.15) is 17.5 Å². The summed E-state index contributed by atoms with van der Waals surface area (Å²) >= 11 is 0. The molecule has 0 aromatic carbocycles. The van der Waals surface area contributed by atoms with E-state index in [0.29, 0.717) is 6.04 Å². The van der Waals surface area contributed by atoms with Gasteiger partial charge in [0.05, 0.1) is 0 Å². The first kappa shape index (κ1) is 17.7. The molecular weight excluding hydrogens is 260 g/mol. The van der Waals surface area contributed by atoms with Gasteiger partial charge < -0.3 is 10.2 Å². The molecule has 1 N–H and O–H groups in total. The summed E-state index contributed by atoms with van der Waals surface area (Å²) in [6, 6.07) is 0.478. The highest BCUT2D eigenvalue weighted by Gasteiger charge is 2.24. The molecule has 4 heteroatoms. The van der Waals surface area contributed by atoms with E-state index in [1.807, 2.05) is 0 Å². The molecule has 120 valence electrons. The molecule has 1 heterocycles. The van der Waals surface area contributed by atoms with Crippen LogP contribution in [0.15, 0.2) is 0 Å². The van der Waals surface area contributed by atoms with E-state index >= 15 is 0 Å². The molecule has 1 aromatic rings. The molecule has 0 bridgehead atoms. The van der Waals surface area contributed by atoms with Gasteiger partial charge >= 0.3 is 0 Å². The van der Waals surface area contributed by atoms with Gasteiger partial charge in [0.15, 0.2) is 0 Å². The number of anilines is 2. The summed E-state index contributed by atoms with van der Waals surface area (Å²) in [5.74, 6) is 2.94. The number of hydrogen-bond acceptors (Lipinski definition) is 4. The second-order valence-corrected chi connectivity index (χ2v) is 6.67. The van der Waals surface area contributed by atoms with E-state index in [1.54, 1.807) is 0 Å². The van der Waals surface area contributed by atoms with Crippen LogP contribution >= 0.6 is 0 Å². The van der Waals surface area contributed by atoms with Gasteiger partial charge in [-0.1, -0.05) is 27.7 Å². The number of nitrogens with zero attached hydrogens (tertiary/aromatic N) is 3. The van der Waals surface area contributed by atoms with Gasteiger partial charge in [-0.25, -0.2) is 9.97 Å². The fourth-order valence-corrected chi connectivity index (χ4v) is 2.35. The molecule has 0 radical (unpaired) electrons. The molecule has 1 unspecified atom stereocenters. The van der Waals surface area contributed by atoms with Gasteiger partial charge in [-0.2, -0.15) is 0 Å². The Hall–Kier alpha value is -1.32. The summed E-state index contributed by atoms with van der Waals surface area (Å²) in [6.07, 6.45) is 1.11. The minimum Gasteiger partial charge on any atom is -0.370 e. The fraction of sp³-hybridized carbons (Fsp3) is 0.765. The Bertz CT molecular complexity index is 463. The first-order valence-electron chi connectivity index (χ1n) is 8.15. The maximum atomic E-state index is 4.90. The van der Waals surface area contributed by atoms with Crippen LogP contribution in [0.25, 0.3) is 0 Å². The molecule has 1 atom stereocenters. The average Bonchev–Trinajstić information content (AvgIpc) is 2.42. The molecule has 4 nitrogen and oxygen atoms in total. The fourth-order valence-electron chi connectivity index (χ4n) is 2.35. The lowest BCUT2D eigenvalue weighted by Crippen LogP contribution is -2.35. The minimum atomic E-state index is -0.0541. The van der Waals surface area contributed by atoms with E-state index in [-0.39, 0.29) is 5.41 Å². The molecule has 0 aliphatic heterocycles. The van der Waals surface area contributed by atoms with Gasteiger partial charge in [0.25, 0.3) is 0 Å². The molecule has 0 saturated heterocycles. The highest BCUT2D eigenvalue weighted by molar-refractivity contribution is 5.59. The van der Waals surface area contributed by atoms with Gasteiger partial charge in [-0.05, 0) is 34.1 Å². The quantitative estimate of drug-likeness (QED) is 0.855. The molecule has 0 aliphatic carbocycles. The molecule has 0 spiro atoms. The van der Waals surface area contributed by atoms with Crippen molar-refractivity contribution >= 4 is 11.6 Å². The summed E-state index contributed by atoms with van der Waals surface area (Å²) in [7, 11) is 0. The van der Waals surface area contributed by atoms with Crippen molar-refractivity contribution in [2.75, 3.05) is 23.3 Å². The van der Waals surface area contributed by atoms with Crippen molar-refractivity contribution in [1.82, 2.24) is 9.97 Å². The minimum absolute atomic E-state index is 0.0541.